The minimum absolute atomic E-state index is 0.245. The molecule has 3 rings (SSSR count). The molecule has 2 nitrogen and oxygen atoms in total. The SMILES string of the molecule is O=C1CCC(C2(c3cccs3)COC2)CC1. The number of Topliss-reactive ketones (excluding diaryl/α,β-unsaturated/α-hetero) is 1. The molecule has 2 heterocycles. The van der Waals surface area contributed by atoms with Gasteiger partial charge >= 0.3 is 0 Å². The van der Waals surface area contributed by atoms with Crippen molar-refractivity contribution in [1.82, 2.24) is 0 Å². The van der Waals surface area contributed by atoms with Crippen molar-refractivity contribution in [3.05, 3.63) is 22.4 Å². The van der Waals surface area contributed by atoms with Crippen molar-refractivity contribution in [2.24, 2.45) is 5.92 Å². The summed E-state index contributed by atoms with van der Waals surface area (Å²) in [5, 5.41) is 2.14. The van der Waals surface area contributed by atoms with E-state index in [1.54, 1.807) is 0 Å². The Balaban J connectivity index is 1.83. The molecule has 86 valence electrons. The molecule has 0 aromatic carbocycles. The summed E-state index contributed by atoms with van der Waals surface area (Å²) in [7, 11) is 0. The van der Waals surface area contributed by atoms with E-state index in [0.29, 0.717) is 11.7 Å². The van der Waals surface area contributed by atoms with Gasteiger partial charge in [-0.1, -0.05) is 6.07 Å². The molecule has 2 fully saturated rings. The highest BCUT2D eigenvalue weighted by atomic mass is 32.1. The molecule has 1 saturated carbocycles. The molecule has 1 aromatic rings. The molecule has 0 bridgehead atoms. The second kappa shape index (κ2) is 3.97. The fraction of sp³-hybridized carbons (Fsp3) is 0.615. The number of carbonyl (C=O) groups is 1. The molecule has 0 unspecified atom stereocenters. The van der Waals surface area contributed by atoms with E-state index >= 15 is 0 Å². The lowest BCUT2D eigenvalue weighted by molar-refractivity contribution is -0.126. The number of thiophene rings is 1. The number of hydrogen-bond donors (Lipinski definition) is 0. The second-order valence-corrected chi connectivity index (χ2v) is 5.89. The molecule has 1 aliphatic heterocycles. The van der Waals surface area contributed by atoms with Crippen LogP contribution in [0, 0.1) is 5.92 Å². The number of ketones is 1. The Labute approximate surface area is 99.6 Å². The average molecular weight is 236 g/mol. The Morgan fingerprint density at radius 2 is 2.06 bits per heavy atom. The van der Waals surface area contributed by atoms with Gasteiger partial charge in [0.2, 0.25) is 0 Å². The molecular formula is C13H16O2S. The van der Waals surface area contributed by atoms with Crippen molar-refractivity contribution in [1.29, 1.82) is 0 Å². The van der Waals surface area contributed by atoms with Gasteiger partial charge in [0.15, 0.2) is 0 Å². The average Bonchev–Trinajstić information content (AvgIpc) is 2.73. The van der Waals surface area contributed by atoms with Crippen molar-refractivity contribution in [2.45, 2.75) is 31.1 Å². The first-order valence-electron chi connectivity index (χ1n) is 5.95. The third-order valence-corrected chi connectivity index (χ3v) is 5.15. The van der Waals surface area contributed by atoms with E-state index in [2.05, 4.69) is 17.5 Å². The van der Waals surface area contributed by atoms with Gasteiger partial charge in [-0.05, 0) is 30.2 Å². The fourth-order valence-corrected chi connectivity index (χ4v) is 3.94. The van der Waals surface area contributed by atoms with Gasteiger partial charge in [0, 0.05) is 17.7 Å². The predicted molar refractivity (Wildman–Crippen MR) is 63.8 cm³/mol. The Morgan fingerprint density at radius 1 is 1.31 bits per heavy atom. The highest BCUT2D eigenvalue weighted by Crippen LogP contribution is 2.46. The normalized spacial score (nSPS) is 25.4. The predicted octanol–water partition coefficient (Wildman–Crippen LogP) is 2.78. The Bertz CT molecular complexity index is 369. The summed E-state index contributed by atoms with van der Waals surface area (Å²) >= 11 is 1.84. The molecule has 0 N–H and O–H groups in total. The van der Waals surface area contributed by atoms with Crippen LogP contribution >= 0.6 is 11.3 Å². The summed E-state index contributed by atoms with van der Waals surface area (Å²) in [4.78, 5) is 12.8. The van der Waals surface area contributed by atoms with Gasteiger partial charge in [-0.25, -0.2) is 0 Å². The van der Waals surface area contributed by atoms with E-state index in [1.165, 1.54) is 4.88 Å². The smallest absolute Gasteiger partial charge is 0.132 e. The lowest BCUT2D eigenvalue weighted by Gasteiger charge is -2.48. The Hall–Kier alpha value is -0.670. The third kappa shape index (κ3) is 1.54. The molecule has 1 aromatic heterocycles. The summed E-state index contributed by atoms with van der Waals surface area (Å²) in [6, 6.07) is 4.34. The highest BCUT2D eigenvalue weighted by molar-refractivity contribution is 7.10. The van der Waals surface area contributed by atoms with Crippen molar-refractivity contribution in [3.8, 4) is 0 Å². The van der Waals surface area contributed by atoms with Gasteiger partial charge in [0.25, 0.3) is 0 Å². The molecule has 16 heavy (non-hydrogen) atoms. The van der Waals surface area contributed by atoms with Crippen molar-refractivity contribution in [2.75, 3.05) is 13.2 Å². The van der Waals surface area contributed by atoms with Crippen LogP contribution in [-0.2, 0) is 14.9 Å². The van der Waals surface area contributed by atoms with Crippen LogP contribution in [0.4, 0.5) is 0 Å². The van der Waals surface area contributed by atoms with Crippen LogP contribution < -0.4 is 0 Å². The monoisotopic (exact) mass is 236 g/mol. The van der Waals surface area contributed by atoms with Crippen molar-refractivity contribution >= 4 is 17.1 Å². The van der Waals surface area contributed by atoms with Crippen LogP contribution in [0.3, 0.4) is 0 Å². The molecule has 1 saturated heterocycles. The van der Waals surface area contributed by atoms with E-state index in [1.807, 2.05) is 11.3 Å². The van der Waals surface area contributed by atoms with E-state index in [0.717, 1.165) is 38.9 Å². The highest BCUT2D eigenvalue weighted by Gasteiger charge is 2.48. The number of hydrogen-bond acceptors (Lipinski definition) is 3. The van der Waals surface area contributed by atoms with Crippen LogP contribution in [0.25, 0.3) is 0 Å². The van der Waals surface area contributed by atoms with Crippen molar-refractivity contribution < 1.29 is 9.53 Å². The number of ether oxygens (including phenoxy) is 1. The lowest BCUT2D eigenvalue weighted by atomic mass is 9.66. The summed E-state index contributed by atoms with van der Waals surface area (Å²) in [6.45, 7) is 1.71. The Kier molecular flexibility index (Phi) is 2.60. The maximum absolute atomic E-state index is 11.3. The van der Waals surface area contributed by atoms with Gasteiger partial charge in [-0.15, -0.1) is 11.3 Å². The molecule has 2 aliphatic rings. The minimum Gasteiger partial charge on any atom is -0.379 e. The van der Waals surface area contributed by atoms with E-state index in [-0.39, 0.29) is 5.41 Å². The molecular weight excluding hydrogens is 220 g/mol. The maximum atomic E-state index is 11.3. The topological polar surface area (TPSA) is 26.3 Å². The molecule has 0 radical (unpaired) electrons. The summed E-state index contributed by atoms with van der Waals surface area (Å²) in [6.07, 6.45) is 3.66. The minimum atomic E-state index is 0.245. The van der Waals surface area contributed by atoms with Gasteiger partial charge in [0.05, 0.1) is 18.6 Å². The number of rotatable bonds is 2. The van der Waals surface area contributed by atoms with Gasteiger partial charge in [-0.3, -0.25) is 4.79 Å². The molecule has 0 spiro atoms. The zero-order valence-corrected chi connectivity index (χ0v) is 10.1. The van der Waals surface area contributed by atoms with Crippen LogP contribution in [0.2, 0.25) is 0 Å². The van der Waals surface area contributed by atoms with Gasteiger partial charge < -0.3 is 4.74 Å². The van der Waals surface area contributed by atoms with E-state index in [9.17, 15) is 4.79 Å². The maximum Gasteiger partial charge on any atom is 0.132 e. The zero-order valence-electron chi connectivity index (χ0n) is 9.28. The first kappa shape index (κ1) is 10.5. The summed E-state index contributed by atoms with van der Waals surface area (Å²) < 4.78 is 5.46. The standard InChI is InChI=1S/C13H16O2S/c14-11-5-3-10(4-6-11)13(8-15-9-13)12-2-1-7-16-12/h1-2,7,10H,3-6,8-9H2. The first-order chi connectivity index (χ1) is 7.81. The van der Waals surface area contributed by atoms with Crippen LogP contribution in [0.5, 0.6) is 0 Å². The molecule has 0 amide bonds. The van der Waals surface area contributed by atoms with Gasteiger partial charge in [-0.2, -0.15) is 0 Å². The second-order valence-electron chi connectivity index (χ2n) is 4.94. The van der Waals surface area contributed by atoms with Gasteiger partial charge in [0.1, 0.15) is 5.78 Å². The third-order valence-electron chi connectivity index (χ3n) is 4.06. The van der Waals surface area contributed by atoms with Crippen LogP contribution in [-0.4, -0.2) is 19.0 Å². The summed E-state index contributed by atoms with van der Waals surface area (Å²) in [5.41, 5.74) is 0.245. The molecule has 0 atom stereocenters. The zero-order chi connectivity index (χ0) is 11.0. The van der Waals surface area contributed by atoms with Crippen molar-refractivity contribution in [3.63, 3.8) is 0 Å². The quantitative estimate of drug-likeness (QED) is 0.789. The lowest BCUT2D eigenvalue weighted by Crippen LogP contribution is -2.52. The first-order valence-corrected chi connectivity index (χ1v) is 6.83. The summed E-state index contributed by atoms with van der Waals surface area (Å²) in [5.74, 6) is 1.09. The van der Waals surface area contributed by atoms with Crippen LogP contribution in [0.15, 0.2) is 17.5 Å². The van der Waals surface area contributed by atoms with E-state index < -0.39 is 0 Å². The molecule has 1 aliphatic carbocycles. The van der Waals surface area contributed by atoms with E-state index in [4.69, 9.17) is 4.74 Å². The largest absolute Gasteiger partial charge is 0.379 e. The number of carbonyl (C=O) groups excluding carboxylic acids is 1. The Morgan fingerprint density at radius 3 is 2.56 bits per heavy atom. The van der Waals surface area contributed by atoms with Crippen LogP contribution in [0.1, 0.15) is 30.6 Å². The molecule has 3 heteroatoms. The fourth-order valence-electron chi connectivity index (χ4n) is 2.96.